The van der Waals surface area contributed by atoms with Crippen molar-refractivity contribution in [2.24, 2.45) is 0 Å². The summed E-state index contributed by atoms with van der Waals surface area (Å²) in [5, 5.41) is 10.5. The predicted molar refractivity (Wildman–Crippen MR) is 77.3 cm³/mol. The van der Waals surface area contributed by atoms with Crippen LogP contribution in [0.5, 0.6) is 5.75 Å². The molecule has 3 heteroatoms. The number of aliphatic hydroxyl groups excluding tert-OH is 1. The van der Waals surface area contributed by atoms with Crippen molar-refractivity contribution in [3.63, 3.8) is 0 Å². The van der Waals surface area contributed by atoms with Gasteiger partial charge in [-0.25, -0.2) is 0 Å². The van der Waals surface area contributed by atoms with Gasteiger partial charge in [0.25, 0.3) is 0 Å². The molecular weight excluding hydrogens is 244 g/mol. The van der Waals surface area contributed by atoms with Gasteiger partial charge in [-0.05, 0) is 49.6 Å². The van der Waals surface area contributed by atoms with Crippen LogP contribution in [0.3, 0.4) is 0 Å². The van der Waals surface area contributed by atoms with Crippen LogP contribution in [0.4, 0.5) is 0 Å². The predicted octanol–water partition coefficient (Wildman–Crippen LogP) is 3.79. The molecule has 1 saturated heterocycles. The molecule has 0 bridgehead atoms. The van der Waals surface area contributed by atoms with Crippen molar-refractivity contribution in [2.45, 2.75) is 44.0 Å². The van der Waals surface area contributed by atoms with E-state index in [0.717, 1.165) is 36.5 Å². The van der Waals surface area contributed by atoms with Crippen LogP contribution in [0.15, 0.2) is 24.3 Å². The van der Waals surface area contributed by atoms with Crippen LogP contribution in [0.2, 0.25) is 0 Å². The Labute approximate surface area is 114 Å². The maximum Gasteiger partial charge on any atom is 0.119 e. The topological polar surface area (TPSA) is 29.5 Å². The second kappa shape index (κ2) is 5.98. The zero-order valence-electron chi connectivity index (χ0n) is 11.2. The van der Waals surface area contributed by atoms with Gasteiger partial charge in [0.15, 0.2) is 0 Å². The van der Waals surface area contributed by atoms with Gasteiger partial charge in [0.2, 0.25) is 0 Å². The van der Waals surface area contributed by atoms with Crippen LogP contribution in [0.25, 0.3) is 0 Å². The van der Waals surface area contributed by atoms with Crippen molar-refractivity contribution in [2.75, 3.05) is 12.4 Å². The fourth-order valence-electron chi connectivity index (χ4n) is 2.34. The van der Waals surface area contributed by atoms with Gasteiger partial charge >= 0.3 is 0 Å². The molecule has 1 fully saturated rings. The molecule has 1 N–H and O–H groups in total. The Morgan fingerprint density at radius 2 is 2.11 bits per heavy atom. The Morgan fingerprint density at radius 1 is 1.39 bits per heavy atom. The molecule has 2 unspecified atom stereocenters. The summed E-state index contributed by atoms with van der Waals surface area (Å²) in [6.07, 6.45) is 2.92. The number of benzene rings is 1. The Morgan fingerprint density at radius 3 is 2.67 bits per heavy atom. The van der Waals surface area contributed by atoms with E-state index in [9.17, 15) is 5.11 Å². The highest BCUT2D eigenvalue weighted by Gasteiger charge is 2.37. The molecule has 2 atom stereocenters. The van der Waals surface area contributed by atoms with Gasteiger partial charge in [-0.15, -0.1) is 0 Å². The van der Waals surface area contributed by atoms with Gasteiger partial charge in [0.1, 0.15) is 5.75 Å². The van der Waals surface area contributed by atoms with Gasteiger partial charge < -0.3 is 9.84 Å². The molecule has 0 aliphatic carbocycles. The van der Waals surface area contributed by atoms with Crippen molar-refractivity contribution in [1.29, 1.82) is 0 Å². The largest absolute Gasteiger partial charge is 0.494 e. The van der Waals surface area contributed by atoms with E-state index in [0.29, 0.717) is 0 Å². The Kier molecular flexibility index (Phi) is 4.57. The Hall–Kier alpha value is -0.670. The van der Waals surface area contributed by atoms with E-state index >= 15 is 0 Å². The maximum absolute atomic E-state index is 10.5. The van der Waals surface area contributed by atoms with Gasteiger partial charge in [0, 0.05) is 4.75 Å². The van der Waals surface area contributed by atoms with Crippen molar-refractivity contribution in [3.05, 3.63) is 29.8 Å². The average molecular weight is 266 g/mol. The number of rotatable bonds is 5. The summed E-state index contributed by atoms with van der Waals surface area (Å²) in [6.45, 7) is 5.00. The third kappa shape index (κ3) is 3.01. The summed E-state index contributed by atoms with van der Waals surface area (Å²) >= 11 is 1.88. The molecule has 18 heavy (non-hydrogen) atoms. The summed E-state index contributed by atoms with van der Waals surface area (Å²) < 4.78 is 5.53. The van der Waals surface area contributed by atoms with Crippen molar-refractivity contribution >= 4 is 11.8 Å². The minimum atomic E-state index is -0.384. The maximum atomic E-state index is 10.5. The van der Waals surface area contributed by atoms with Crippen LogP contribution in [-0.2, 0) is 0 Å². The number of hydrogen-bond acceptors (Lipinski definition) is 3. The van der Waals surface area contributed by atoms with Crippen LogP contribution < -0.4 is 4.74 Å². The number of thioether (sulfide) groups is 1. The standard InChI is InChI=1S/C15H22O2S/c1-3-10-17-13-7-5-12(6-8-13)14(16)15(2)9-4-11-18-15/h5-8,14,16H,3-4,9-11H2,1-2H3. The summed E-state index contributed by atoms with van der Waals surface area (Å²) in [4.78, 5) is 0. The van der Waals surface area contributed by atoms with Gasteiger partial charge in [-0.3, -0.25) is 0 Å². The van der Waals surface area contributed by atoms with Gasteiger partial charge in [0.05, 0.1) is 12.7 Å². The molecule has 2 rings (SSSR count). The molecule has 0 saturated carbocycles. The lowest BCUT2D eigenvalue weighted by atomic mass is 9.93. The molecule has 2 nitrogen and oxygen atoms in total. The molecule has 1 aromatic rings. The third-order valence-corrected chi connectivity index (χ3v) is 5.08. The van der Waals surface area contributed by atoms with E-state index in [1.54, 1.807) is 0 Å². The van der Waals surface area contributed by atoms with Crippen molar-refractivity contribution < 1.29 is 9.84 Å². The highest BCUT2D eigenvalue weighted by atomic mass is 32.2. The molecule has 1 heterocycles. The van der Waals surface area contributed by atoms with Gasteiger partial charge in [-0.1, -0.05) is 19.1 Å². The van der Waals surface area contributed by atoms with Gasteiger partial charge in [-0.2, -0.15) is 11.8 Å². The summed E-state index contributed by atoms with van der Waals surface area (Å²) in [7, 11) is 0. The van der Waals surface area contributed by atoms with E-state index in [4.69, 9.17) is 4.74 Å². The highest BCUT2D eigenvalue weighted by molar-refractivity contribution is 8.00. The lowest BCUT2D eigenvalue weighted by Crippen LogP contribution is -2.26. The van der Waals surface area contributed by atoms with E-state index in [1.807, 2.05) is 36.0 Å². The van der Waals surface area contributed by atoms with E-state index in [1.165, 1.54) is 6.42 Å². The quantitative estimate of drug-likeness (QED) is 0.879. The molecule has 1 aliphatic rings. The third-order valence-electron chi connectivity index (χ3n) is 3.50. The van der Waals surface area contributed by atoms with Crippen LogP contribution in [0.1, 0.15) is 44.8 Å². The lowest BCUT2D eigenvalue weighted by molar-refractivity contribution is 0.135. The fourth-order valence-corrected chi connectivity index (χ4v) is 3.67. The normalized spacial score (nSPS) is 25.1. The SMILES string of the molecule is CCCOc1ccc(C(O)C2(C)CCCS2)cc1. The second-order valence-electron chi connectivity index (χ2n) is 5.08. The van der Waals surface area contributed by atoms with E-state index < -0.39 is 0 Å². The zero-order valence-corrected chi connectivity index (χ0v) is 12.0. The van der Waals surface area contributed by atoms with E-state index in [2.05, 4.69) is 13.8 Å². The number of aliphatic hydroxyl groups is 1. The first-order chi connectivity index (χ1) is 8.65. The molecule has 1 aliphatic heterocycles. The lowest BCUT2D eigenvalue weighted by Gasteiger charge is -2.29. The van der Waals surface area contributed by atoms with Crippen molar-refractivity contribution in [1.82, 2.24) is 0 Å². The minimum Gasteiger partial charge on any atom is -0.494 e. The molecular formula is C15H22O2S. The summed E-state index contributed by atoms with van der Waals surface area (Å²) in [5.41, 5.74) is 0.996. The highest BCUT2D eigenvalue weighted by Crippen LogP contribution is 2.46. The van der Waals surface area contributed by atoms with Crippen LogP contribution >= 0.6 is 11.8 Å². The molecule has 0 radical (unpaired) electrons. The Bertz CT molecular complexity index is 369. The number of ether oxygens (including phenoxy) is 1. The molecule has 0 amide bonds. The summed E-state index contributed by atoms with van der Waals surface area (Å²) in [5.74, 6) is 2.04. The monoisotopic (exact) mass is 266 g/mol. The first kappa shape index (κ1) is 13.8. The smallest absolute Gasteiger partial charge is 0.119 e. The minimum absolute atomic E-state index is 0.0220. The molecule has 1 aromatic carbocycles. The molecule has 0 aromatic heterocycles. The van der Waals surface area contributed by atoms with E-state index in [-0.39, 0.29) is 10.9 Å². The first-order valence-corrected chi connectivity index (χ1v) is 7.69. The van der Waals surface area contributed by atoms with Crippen LogP contribution in [0, 0.1) is 0 Å². The average Bonchev–Trinajstić information content (AvgIpc) is 2.84. The zero-order chi connectivity index (χ0) is 13.0. The number of hydrogen-bond donors (Lipinski definition) is 1. The molecule has 100 valence electrons. The van der Waals surface area contributed by atoms with Crippen LogP contribution in [-0.4, -0.2) is 22.2 Å². The molecule has 0 spiro atoms. The first-order valence-electron chi connectivity index (χ1n) is 6.70. The fraction of sp³-hybridized carbons (Fsp3) is 0.600. The Balaban J connectivity index is 2.04. The second-order valence-corrected chi connectivity index (χ2v) is 6.71. The summed E-state index contributed by atoms with van der Waals surface area (Å²) in [6, 6.07) is 7.88. The van der Waals surface area contributed by atoms with Crippen molar-refractivity contribution in [3.8, 4) is 5.75 Å².